The van der Waals surface area contributed by atoms with Gasteiger partial charge in [-0.15, -0.1) is 0 Å². The summed E-state index contributed by atoms with van der Waals surface area (Å²) in [5.41, 5.74) is 0.687. The molecule has 1 aromatic rings. The van der Waals surface area contributed by atoms with E-state index in [9.17, 15) is 14.7 Å². The molecule has 2 amide bonds. The Morgan fingerprint density at radius 2 is 1.86 bits per heavy atom. The molecule has 0 saturated carbocycles. The zero-order valence-electron chi connectivity index (χ0n) is 14.0. The van der Waals surface area contributed by atoms with E-state index < -0.39 is 6.10 Å². The van der Waals surface area contributed by atoms with E-state index in [4.69, 9.17) is 0 Å². The van der Waals surface area contributed by atoms with Crippen molar-refractivity contribution in [1.29, 1.82) is 0 Å². The number of anilines is 1. The molecule has 0 radical (unpaired) electrons. The van der Waals surface area contributed by atoms with E-state index in [-0.39, 0.29) is 23.8 Å². The molecule has 1 unspecified atom stereocenters. The third-order valence-corrected chi connectivity index (χ3v) is 3.64. The lowest BCUT2D eigenvalue weighted by atomic mass is 9.89. The Balaban J connectivity index is 2.88. The number of aliphatic hydroxyl groups excluding tert-OH is 1. The predicted molar refractivity (Wildman–Crippen MR) is 87.9 cm³/mol. The molecule has 2 N–H and O–H groups in total. The first-order chi connectivity index (χ1) is 10.2. The van der Waals surface area contributed by atoms with Crippen molar-refractivity contribution in [3.8, 4) is 0 Å². The summed E-state index contributed by atoms with van der Waals surface area (Å²) in [6, 6.07) is 6.95. The quantitative estimate of drug-likeness (QED) is 0.876. The Morgan fingerprint density at radius 3 is 2.41 bits per heavy atom. The maximum absolute atomic E-state index is 12.4. The van der Waals surface area contributed by atoms with Gasteiger partial charge in [-0.3, -0.25) is 9.59 Å². The van der Waals surface area contributed by atoms with Gasteiger partial charge in [-0.05, 0) is 17.5 Å². The van der Waals surface area contributed by atoms with Crippen LogP contribution in [0.3, 0.4) is 0 Å². The molecule has 5 heteroatoms. The van der Waals surface area contributed by atoms with Crippen LogP contribution in [-0.2, 0) is 4.79 Å². The second-order valence-corrected chi connectivity index (χ2v) is 6.42. The van der Waals surface area contributed by atoms with Crippen LogP contribution in [0.15, 0.2) is 24.3 Å². The summed E-state index contributed by atoms with van der Waals surface area (Å²) in [5, 5.41) is 12.7. The molecule has 0 aliphatic carbocycles. The predicted octanol–water partition coefficient (Wildman–Crippen LogP) is 2.20. The molecule has 1 atom stereocenters. The standard InChI is InChI=1S/C17H26N2O3/c1-6-15(21)19(5)13-10-8-7-9-12(13)16(22)18-11-14(20)17(2,3)4/h7-10,14,20H,6,11H2,1-5H3,(H,18,22). The number of nitrogens with one attached hydrogen (secondary N) is 1. The molecule has 5 nitrogen and oxygen atoms in total. The lowest BCUT2D eigenvalue weighted by Crippen LogP contribution is -2.39. The molecule has 0 aromatic heterocycles. The fourth-order valence-electron chi connectivity index (χ4n) is 1.92. The van der Waals surface area contributed by atoms with Crippen LogP contribution in [0.4, 0.5) is 5.69 Å². The van der Waals surface area contributed by atoms with E-state index in [1.807, 2.05) is 20.8 Å². The molecule has 0 heterocycles. The van der Waals surface area contributed by atoms with Crippen LogP contribution in [0.25, 0.3) is 0 Å². The van der Waals surface area contributed by atoms with Crippen molar-refractivity contribution in [2.45, 2.75) is 40.2 Å². The maximum Gasteiger partial charge on any atom is 0.253 e. The first-order valence-electron chi connectivity index (χ1n) is 7.50. The van der Waals surface area contributed by atoms with E-state index in [2.05, 4.69) is 5.32 Å². The van der Waals surface area contributed by atoms with E-state index in [1.54, 1.807) is 38.2 Å². The lowest BCUT2D eigenvalue weighted by molar-refractivity contribution is -0.118. The van der Waals surface area contributed by atoms with Crippen LogP contribution in [0.1, 0.15) is 44.5 Å². The number of hydrogen-bond acceptors (Lipinski definition) is 3. The zero-order valence-corrected chi connectivity index (χ0v) is 14.0. The van der Waals surface area contributed by atoms with Gasteiger partial charge in [0, 0.05) is 20.0 Å². The summed E-state index contributed by atoms with van der Waals surface area (Å²) in [6.07, 6.45) is -0.270. The van der Waals surface area contributed by atoms with Crippen molar-refractivity contribution >= 4 is 17.5 Å². The fourth-order valence-corrected chi connectivity index (χ4v) is 1.92. The van der Waals surface area contributed by atoms with E-state index in [0.29, 0.717) is 17.7 Å². The summed E-state index contributed by atoms with van der Waals surface area (Å²) < 4.78 is 0. The summed E-state index contributed by atoms with van der Waals surface area (Å²) in [6.45, 7) is 7.67. The number of nitrogens with zero attached hydrogens (tertiary/aromatic N) is 1. The lowest BCUT2D eigenvalue weighted by Gasteiger charge is -2.26. The van der Waals surface area contributed by atoms with Crippen LogP contribution < -0.4 is 10.2 Å². The van der Waals surface area contributed by atoms with Crippen molar-refractivity contribution in [3.63, 3.8) is 0 Å². The molecule has 0 saturated heterocycles. The van der Waals surface area contributed by atoms with Gasteiger partial charge in [0.15, 0.2) is 0 Å². The molecular weight excluding hydrogens is 280 g/mol. The smallest absolute Gasteiger partial charge is 0.253 e. The van der Waals surface area contributed by atoms with Crippen molar-refractivity contribution < 1.29 is 14.7 Å². The topological polar surface area (TPSA) is 69.6 Å². The van der Waals surface area contributed by atoms with Crippen molar-refractivity contribution in [2.24, 2.45) is 5.41 Å². The van der Waals surface area contributed by atoms with Gasteiger partial charge in [0.2, 0.25) is 5.91 Å². The summed E-state index contributed by atoms with van der Waals surface area (Å²) in [4.78, 5) is 25.7. The molecule has 0 aliphatic rings. The average Bonchev–Trinajstić information content (AvgIpc) is 2.49. The number of amides is 2. The highest BCUT2D eigenvalue weighted by molar-refractivity contribution is 6.04. The molecule has 0 fully saturated rings. The van der Waals surface area contributed by atoms with E-state index >= 15 is 0 Å². The van der Waals surface area contributed by atoms with Crippen LogP contribution in [-0.4, -0.2) is 36.6 Å². The monoisotopic (exact) mass is 306 g/mol. The van der Waals surface area contributed by atoms with E-state index in [0.717, 1.165) is 0 Å². The zero-order chi connectivity index (χ0) is 16.9. The number of carbonyl (C=O) groups excluding carboxylic acids is 2. The Labute approximate surface area is 132 Å². The molecule has 1 aromatic carbocycles. The Morgan fingerprint density at radius 1 is 1.27 bits per heavy atom. The van der Waals surface area contributed by atoms with Gasteiger partial charge in [0.05, 0.1) is 17.4 Å². The summed E-state index contributed by atoms with van der Waals surface area (Å²) in [5.74, 6) is -0.357. The number of rotatable bonds is 5. The van der Waals surface area contributed by atoms with Crippen molar-refractivity contribution in [2.75, 3.05) is 18.5 Å². The third kappa shape index (κ3) is 4.56. The third-order valence-electron chi connectivity index (χ3n) is 3.64. The molecule has 122 valence electrons. The van der Waals surface area contributed by atoms with Crippen LogP contribution in [0.2, 0.25) is 0 Å². The SMILES string of the molecule is CCC(=O)N(C)c1ccccc1C(=O)NCC(O)C(C)(C)C. The van der Waals surface area contributed by atoms with Crippen molar-refractivity contribution in [3.05, 3.63) is 29.8 Å². The molecule has 0 aliphatic heterocycles. The maximum atomic E-state index is 12.4. The van der Waals surface area contributed by atoms with Gasteiger partial charge in [0.25, 0.3) is 5.91 Å². The van der Waals surface area contributed by atoms with Crippen LogP contribution >= 0.6 is 0 Å². The van der Waals surface area contributed by atoms with Gasteiger partial charge in [0.1, 0.15) is 0 Å². The molecule has 1 rings (SSSR count). The van der Waals surface area contributed by atoms with Crippen molar-refractivity contribution in [1.82, 2.24) is 5.32 Å². The number of hydrogen-bond donors (Lipinski definition) is 2. The first-order valence-corrected chi connectivity index (χ1v) is 7.50. The summed E-state index contributed by atoms with van der Waals surface area (Å²) in [7, 11) is 1.65. The normalized spacial score (nSPS) is 12.6. The number of benzene rings is 1. The second-order valence-electron chi connectivity index (χ2n) is 6.42. The Kier molecular flexibility index (Phi) is 6.11. The minimum absolute atomic E-state index is 0.0602. The van der Waals surface area contributed by atoms with Gasteiger partial charge in [-0.25, -0.2) is 0 Å². The van der Waals surface area contributed by atoms with Crippen LogP contribution in [0.5, 0.6) is 0 Å². The molecule has 0 spiro atoms. The van der Waals surface area contributed by atoms with E-state index in [1.165, 1.54) is 4.90 Å². The minimum atomic E-state index is -0.640. The second kappa shape index (κ2) is 7.40. The molecule has 0 bridgehead atoms. The summed E-state index contributed by atoms with van der Waals surface area (Å²) >= 11 is 0. The number of para-hydroxylation sites is 1. The van der Waals surface area contributed by atoms with Gasteiger partial charge >= 0.3 is 0 Å². The minimum Gasteiger partial charge on any atom is -0.391 e. The highest BCUT2D eigenvalue weighted by Crippen LogP contribution is 2.21. The average molecular weight is 306 g/mol. The fraction of sp³-hybridized carbons (Fsp3) is 0.529. The molecular formula is C17H26N2O3. The first kappa shape index (κ1) is 18.2. The Bertz CT molecular complexity index is 535. The Hall–Kier alpha value is -1.88. The number of carbonyl (C=O) groups is 2. The molecule has 22 heavy (non-hydrogen) atoms. The van der Waals surface area contributed by atoms with Gasteiger partial charge in [-0.2, -0.15) is 0 Å². The number of aliphatic hydroxyl groups is 1. The van der Waals surface area contributed by atoms with Crippen LogP contribution in [0, 0.1) is 5.41 Å². The van der Waals surface area contributed by atoms with Gasteiger partial charge < -0.3 is 15.3 Å². The van der Waals surface area contributed by atoms with Gasteiger partial charge in [-0.1, -0.05) is 39.8 Å². The largest absolute Gasteiger partial charge is 0.391 e. The highest BCUT2D eigenvalue weighted by Gasteiger charge is 2.23. The highest BCUT2D eigenvalue weighted by atomic mass is 16.3.